The van der Waals surface area contributed by atoms with Crippen LogP contribution in [0, 0.1) is 0 Å². The van der Waals surface area contributed by atoms with Crippen molar-refractivity contribution in [2.45, 2.75) is 19.4 Å². The Labute approximate surface area is 106 Å². The van der Waals surface area contributed by atoms with Crippen LogP contribution in [0.4, 0.5) is 0 Å². The number of ether oxygens (including phenoxy) is 1. The van der Waals surface area contributed by atoms with Crippen LogP contribution in [0.15, 0.2) is 36.5 Å². The van der Waals surface area contributed by atoms with Gasteiger partial charge in [-0.05, 0) is 35.7 Å². The molecule has 3 heteroatoms. The summed E-state index contributed by atoms with van der Waals surface area (Å²) in [6.07, 6.45) is 4.78. The third kappa shape index (κ3) is 2.04. The van der Waals surface area contributed by atoms with Crippen LogP contribution >= 0.6 is 0 Å². The molecular weight excluding hydrogens is 226 g/mol. The fourth-order valence-electron chi connectivity index (χ4n) is 2.38. The van der Waals surface area contributed by atoms with Gasteiger partial charge in [-0.25, -0.2) is 0 Å². The molecule has 2 aromatic rings. The average Bonchev–Trinajstić information content (AvgIpc) is 3.04. The summed E-state index contributed by atoms with van der Waals surface area (Å²) in [7, 11) is 0. The van der Waals surface area contributed by atoms with Gasteiger partial charge in [0.15, 0.2) is 6.29 Å². The van der Waals surface area contributed by atoms with Crippen molar-refractivity contribution in [2.75, 3.05) is 6.61 Å². The number of hydrogen-bond acceptors (Lipinski definition) is 2. The van der Waals surface area contributed by atoms with Crippen molar-refractivity contribution in [2.24, 2.45) is 0 Å². The molecule has 1 aromatic heterocycles. The van der Waals surface area contributed by atoms with E-state index in [9.17, 15) is 4.79 Å². The van der Waals surface area contributed by atoms with Gasteiger partial charge in [0.1, 0.15) is 5.75 Å². The van der Waals surface area contributed by atoms with E-state index in [0.717, 1.165) is 43.7 Å². The van der Waals surface area contributed by atoms with E-state index in [4.69, 9.17) is 4.74 Å². The number of aryl methyl sites for hydroxylation is 2. The van der Waals surface area contributed by atoms with Crippen molar-refractivity contribution in [1.29, 1.82) is 0 Å². The van der Waals surface area contributed by atoms with Gasteiger partial charge in [-0.15, -0.1) is 0 Å². The van der Waals surface area contributed by atoms with E-state index in [1.807, 2.05) is 29.0 Å². The SMILES string of the molecule is O=Cc1cccn1CCc1ccc2c(c1)CCO2. The maximum Gasteiger partial charge on any atom is 0.166 e. The zero-order chi connectivity index (χ0) is 12.4. The summed E-state index contributed by atoms with van der Waals surface area (Å²) in [6, 6.07) is 10.1. The van der Waals surface area contributed by atoms with Gasteiger partial charge in [-0.3, -0.25) is 4.79 Å². The minimum absolute atomic E-state index is 0.736. The highest BCUT2D eigenvalue weighted by atomic mass is 16.5. The molecule has 0 fully saturated rings. The summed E-state index contributed by atoms with van der Waals surface area (Å²) >= 11 is 0. The Balaban J connectivity index is 1.72. The predicted molar refractivity (Wildman–Crippen MR) is 69.2 cm³/mol. The Morgan fingerprint density at radius 3 is 3.17 bits per heavy atom. The third-order valence-electron chi connectivity index (χ3n) is 3.38. The standard InChI is InChI=1S/C15H15NO2/c17-11-14-2-1-7-16(14)8-5-12-3-4-15-13(10-12)6-9-18-15/h1-4,7,10-11H,5-6,8-9H2. The summed E-state index contributed by atoms with van der Waals surface area (Å²) in [6.45, 7) is 1.63. The van der Waals surface area contributed by atoms with Crippen molar-refractivity contribution in [3.63, 3.8) is 0 Å². The maximum absolute atomic E-state index is 10.8. The van der Waals surface area contributed by atoms with Crippen molar-refractivity contribution in [3.8, 4) is 5.75 Å². The van der Waals surface area contributed by atoms with E-state index in [1.54, 1.807) is 0 Å². The van der Waals surface area contributed by atoms with Crippen molar-refractivity contribution in [1.82, 2.24) is 4.57 Å². The van der Waals surface area contributed by atoms with Crippen molar-refractivity contribution >= 4 is 6.29 Å². The number of aldehydes is 1. The number of benzene rings is 1. The van der Waals surface area contributed by atoms with Gasteiger partial charge in [0.2, 0.25) is 0 Å². The molecule has 0 saturated carbocycles. The normalized spacial score (nSPS) is 13.1. The summed E-state index contributed by atoms with van der Waals surface area (Å²) < 4.78 is 7.47. The highest BCUT2D eigenvalue weighted by Crippen LogP contribution is 2.26. The fourth-order valence-corrected chi connectivity index (χ4v) is 2.38. The molecule has 0 radical (unpaired) electrons. The summed E-state index contributed by atoms with van der Waals surface area (Å²) in [4.78, 5) is 10.8. The summed E-state index contributed by atoms with van der Waals surface area (Å²) in [5.74, 6) is 1.02. The first-order chi connectivity index (χ1) is 8.86. The van der Waals surface area contributed by atoms with Crippen LogP contribution in [0.3, 0.4) is 0 Å². The molecule has 0 atom stereocenters. The molecule has 0 saturated heterocycles. The lowest BCUT2D eigenvalue weighted by molar-refractivity contribution is 0.111. The third-order valence-corrected chi connectivity index (χ3v) is 3.38. The van der Waals surface area contributed by atoms with Crippen LogP contribution in [0.2, 0.25) is 0 Å². The summed E-state index contributed by atoms with van der Waals surface area (Å²) in [5, 5.41) is 0. The number of carbonyl (C=O) groups is 1. The van der Waals surface area contributed by atoms with E-state index in [1.165, 1.54) is 11.1 Å². The van der Waals surface area contributed by atoms with Gasteiger partial charge >= 0.3 is 0 Å². The highest BCUT2D eigenvalue weighted by Gasteiger charge is 2.11. The molecule has 1 aliphatic rings. The molecular formula is C15H15NO2. The maximum atomic E-state index is 10.8. The summed E-state index contributed by atoms with van der Waals surface area (Å²) in [5.41, 5.74) is 3.33. The van der Waals surface area contributed by atoms with Crippen molar-refractivity contribution < 1.29 is 9.53 Å². The van der Waals surface area contributed by atoms with Crippen LogP contribution < -0.4 is 4.74 Å². The van der Waals surface area contributed by atoms with Crippen LogP contribution in [-0.2, 0) is 19.4 Å². The van der Waals surface area contributed by atoms with E-state index in [0.29, 0.717) is 0 Å². The number of hydrogen-bond donors (Lipinski definition) is 0. The molecule has 3 rings (SSSR count). The average molecular weight is 241 g/mol. The highest BCUT2D eigenvalue weighted by molar-refractivity contribution is 5.72. The molecule has 0 N–H and O–H groups in total. The van der Waals surface area contributed by atoms with Crippen LogP contribution in [0.5, 0.6) is 5.75 Å². The topological polar surface area (TPSA) is 31.2 Å². The molecule has 1 aromatic carbocycles. The Hall–Kier alpha value is -2.03. The smallest absolute Gasteiger partial charge is 0.166 e. The molecule has 2 heterocycles. The Morgan fingerprint density at radius 1 is 1.33 bits per heavy atom. The molecule has 0 amide bonds. The largest absolute Gasteiger partial charge is 0.493 e. The monoisotopic (exact) mass is 241 g/mol. The van der Waals surface area contributed by atoms with E-state index in [2.05, 4.69) is 12.1 Å². The zero-order valence-electron chi connectivity index (χ0n) is 10.1. The van der Waals surface area contributed by atoms with Gasteiger partial charge in [-0.1, -0.05) is 12.1 Å². The van der Waals surface area contributed by atoms with Crippen LogP contribution in [-0.4, -0.2) is 17.5 Å². The van der Waals surface area contributed by atoms with Crippen LogP contribution in [0.1, 0.15) is 21.6 Å². The van der Waals surface area contributed by atoms with E-state index >= 15 is 0 Å². The Bertz CT molecular complexity index is 572. The van der Waals surface area contributed by atoms with E-state index in [-0.39, 0.29) is 0 Å². The quantitative estimate of drug-likeness (QED) is 0.770. The number of carbonyl (C=O) groups excluding carboxylic acids is 1. The number of nitrogens with zero attached hydrogens (tertiary/aromatic N) is 1. The molecule has 0 unspecified atom stereocenters. The van der Waals surface area contributed by atoms with Gasteiger partial charge < -0.3 is 9.30 Å². The Morgan fingerprint density at radius 2 is 2.28 bits per heavy atom. The molecule has 18 heavy (non-hydrogen) atoms. The molecule has 0 bridgehead atoms. The molecule has 0 spiro atoms. The number of aromatic nitrogens is 1. The first-order valence-corrected chi connectivity index (χ1v) is 6.22. The minimum atomic E-state index is 0.736. The van der Waals surface area contributed by atoms with Gasteiger partial charge in [0.25, 0.3) is 0 Å². The lowest BCUT2D eigenvalue weighted by Crippen LogP contribution is -2.03. The second-order valence-electron chi connectivity index (χ2n) is 4.53. The molecule has 92 valence electrons. The second-order valence-corrected chi connectivity index (χ2v) is 4.53. The molecule has 3 nitrogen and oxygen atoms in total. The van der Waals surface area contributed by atoms with Gasteiger partial charge in [0.05, 0.1) is 12.3 Å². The first-order valence-electron chi connectivity index (χ1n) is 6.22. The minimum Gasteiger partial charge on any atom is -0.493 e. The Kier molecular flexibility index (Phi) is 2.89. The number of rotatable bonds is 4. The van der Waals surface area contributed by atoms with E-state index < -0.39 is 0 Å². The zero-order valence-corrected chi connectivity index (χ0v) is 10.1. The molecule has 0 aliphatic carbocycles. The van der Waals surface area contributed by atoms with Gasteiger partial charge in [-0.2, -0.15) is 0 Å². The lowest BCUT2D eigenvalue weighted by atomic mass is 10.1. The molecule has 1 aliphatic heterocycles. The number of fused-ring (bicyclic) bond motifs is 1. The van der Waals surface area contributed by atoms with Crippen molar-refractivity contribution in [3.05, 3.63) is 53.3 Å². The van der Waals surface area contributed by atoms with Gasteiger partial charge in [0, 0.05) is 19.2 Å². The first kappa shape index (κ1) is 11.1. The van der Waals surface area contributed by atoms with Crippen LogP contribution in [0.25, 0.3) is 0 Å². The predicted octanol–water partition coefficient (Wildman–Crippen LogP) is 2.48. The second kappa shape index (κ2) is 4.69. The lowest BCUT2D eigenvalue weighted by Gasteiger charge is -2.07. The fraction of sp³-hybridized carbons (Fsp3) is 0.267.